The fourth-order valence-corrected chi connectivity index (χ4v) is 3.29. The van der Waals surface area contributed by atoms with E-state index >= 15 is 0 Å². The maximum atomic E-state index is 12.1. The van der Waals surface area contributed by atoms with Crippen molar-refractivity contribution in [1.82, 2.24) is 4.90 Å². The number of rotatable bonds is 8. The third kappa shape index (κ3) is 4.34. The van der Waals surface area contributed by atoms with Crippen LogP contribution < -0.4 is 0 Å². The van der Waals surface area contributed by atoms with Gasteiger partial charge in [-0.15, -0.1) is 0 Å². The molecule has 0 heterocycles. The maximum Gasteiger partial charge on any atom is 0.358 e. The molecule has 0 rings (SSSR count). The Morgan fingerprint density at radius 3 is 1.94 bits per heavy atom. The Labute approximate surface area is 105 Å². The molecule has 0 fully saturated rings. The lowest BCUT2D eigenvalue weighted by atomic mass is 9.93. The highest BCUT2D eigenvalue weighted by atomic mass is 31.2. The lowest BCUT2D eigenvalue weighted by molar-refractivity contribution is 0.0524. The molecule has 1 unspecified atom stereocenters. The molecular formula is C11H26NO4P. The first-order chi connectivity index (χ1) is 7.77. The van der Waals surface area contributed by atoms with Crippen LogP contribution in [0.15, 0.2) is 0 Å². The van der Waals surface area contributed by atoms with Crippen LogP contribution in [0.5, 0.6) is 0 Å². The Morgan fingerprint density at radius 1 is 1.24 bits per heavy atom. The summed E-state index contributed by atoms with van der Waals surface area (Å²) in [4.78, 5) is 2.17. The second-order valence-electron chi connectivity index (χ2n) is 4.73. The van der Waals surface area contributed by atoms with Gasteiger partial charge in [0.2, 0.25) is 0 Å². The molecule has 0 bridgehead atoms. The van der Waals surface area contributed by atoms with Gasteiger partial charge in [-0.3, -0.25) is 4.57 Å². The van der Waals surface area contributed by atoms with E-state index in [-0.39, 0.29) is 0 Å². The monoisotopic (exact) mass is 267 g/mol. The van der Waals surface area contributed by atoms with Crippen LogP contribution in [0, 0.1) is 5.41 Å². The van der Waals surface area contributed by atoms with Crippen LogP contribution in [-0.4, -0.2) is 49.7 Å². The van der Waals surface area contributed by atoms with E-state index in [1.165, 1.54) is 14.2 Å². The van der Waals surface area contributed by atoms with Crippen LogP contribution in [0.2, 0.25) is 0 Å². The van der Waals surface area contributed by atoms with Gasteiger partial charge in [0.1, 0.15) is 0 Å². The minimum absolute atomic E-state index is 0.562. The molecule has 0 saturated heterocycles. The molecule has 0 aromatic carbocycles. The normalized spacial score (nSPS) is 15.3. The molecule has 0 aliphatic rings. The van der Waals surface area contributed by atoms with E-state index in [2.05, 4.69) is 18.7 Å². The smallest absolute Gasteiger partial charge is 0.358 e. The van der Waals surface area contributed by atoms with E-state index < -0.39 is 18.9 Å². The van der Waals surface area contributed by atoms with Crippen molar-refractivity contribution in [2.75, 3.05) is 33.9 Å². The van der Waals surface area contributed by atoms with Gasteiger partial charge in [0.25, 0.3) is 0 Å². The zero-order valence-corrected chi connectivity index (χ0v) is 12.7. The summed E-state index contributed by atoms with van der Waals surface area (Å²) in [5.74, 6) is -1.13. The topological polar surface area (TPSA) is 59.0 Å². The van der Waals surface area contributed by atoms with Crippen molar-refractivity contribution in [2.45, 2.75) is 33.5 Å². The van der Waals surface area contributed by atoms with Gasteiger partial charge in [-0.1, -0.05) is 27.7 Å². The third-order valence-electron chi connectivity index (χ3n) is 3.03. The Kier molecular flexibility index (Phi) is 6.89. The van der Waals surface area contributed by atoms with Gasteiger partial charge < -0.3 is 19.1 Å². The van der Waals surface area contributed by atoms with Gasteiger partial charge in [0, 0.05) is 26.2 Å². The number of hydrogen-bond acceptors (Lipinski definition) is 5. The highest BCUT2D eigenvalue weighted by Crippen LogP contribution is 2.56. The molecular weight excluding hydrogens is 241 g/mol. The molecule has 0 aliphatic heterocycles. The van der Waals surface area contributed by atoms with E-state index in [0.29, 0.717) is 6.54 Å². The zero-order chi connectivity index (χ0) is 13.7. The quantitative estimate of drug-likeness (QED) is 0.683. The zero-order valence-electron chi connectivity index (χ0n) is 11.8. The number of aliphatic hydroxyl groups excluding tert-OH is 1. The molecule has 5 nitrogen and oxygen atoms in total. The molecule has 104 valence electrons. The molecule has 17 heavy (non-hydrogen) atoms. The fourth-order valence-electron chi connectivity index (χ4n) is 1.81. The van der Waals surface area contributed by atoms with E-state index in [4.69, 9.17) is 9.05 Å². The van der Waals surface area contributed by atoms with Crippen LogP contribution in [0.4, 0.5) is 0 Å². The van der Waals surface area contributed by atoms with Crippen LogP contribution in [0.3, 0.4) is 0 Å². The molecule has 0 amide bonds. The van der Waals surface area contributed by atoms with Crippen molar-refractivity contribution in [3.8, 4) is 0 Å². The first-order valence-corrected chi connectivity index (χ1v) is 7.50. The van der Waals surface area contributed by atoms with Crippen LogP contribution in [0.1, 0.15) is 27.7 Å². The molecule has 0 saturated carbocycles. The molecule has 0 radical (unpaired) electrons. The minimum Gasteiger partial charge on any atom is -0.380 e. The molecule has 0 aromatic rings. The molecule has 1 N–H and O–H groups in total. The van der Waals surface area contributed by atoms with Crippen LogP contribution in [0.25, 0.3) is 0 Å². The van der Waals surface area contributed by atoms with Crippen molar-refractivity contribution in [3.05, 3.63) is 0 Å². The summed E-state index contributed by atoms with van der Waals surface area (Å²) in [7, 11) is -0.857. The average Bonchev–Trinajstić information content (AvgIpc) is 2.33. The van der Waals surface area contributed by atoms with Crippen LogP contribution in [-0.2, 0) is 13.6 Å². The molecule has 1 atom stereocenters. The number of nitrogens with zero attached hydrogens (tertiary/aromatic N) is 1. The minimum atomic E-state index is -3.44. The lowest BCUT2D eigenvalue weighted by Gasteiger charge is -2.37. The predicted octanol–water partition coefficient (Wildman–Crippen LogP) is 2.16. The Balaban J connectivity index is 4.85. The van der Waals surface area contributed by atoms with Crippen molar-refractivity contribution >= 4 is 7.60 Å². The largest absolute Gasteiger partial charge is 0.380 e. The second-order valence-corrected chi connectivity index (χ2v) is 7.03. The summed E-state index contributed by atoms with van der Waals surface area (Å²) in [6, 6.07) is 0. The van der Waals surface area contributed by atoms with E-state index in [9.17, 15) is 9.67 Å². The van der Waals surface area contributed by atoms with Gasteiger partial charge >= 0.3 is 7.60 Å². The SMILES string of the molecule is CCN(CC)CC(C)(C)C(O)P(=O)(OC)OC. The van der Waals surface area contributed by atoms with E-state index in [1.807, 2.05) is 13.8 Å². The van der Waals surface area contributed by atoms with Gasteiger partial charge in [-0.2, -0.15) is 0 Å². The Hall–Kier alpha value is 0.0700. The highest BCUT2D eigenvalue weighted by molar-refractivity contribution is 7.54. The van der Waals surface area contributed by atoms with Crippen molar-refractivity contribution < 1.29 is 18.7 Å². The standard InChI is InChI=1S/C11H26NO4P/c1-7-12(8-2)9-11(3,4)10(13)17(14,15-5)16-6/h10,13H,7-9H2,1-6H3. The Bertz CT molecular complexity index is 258. The summed E-state index contributed by atoms with van der Waals surface area (Å²) in [6.07, 6.45) is 0. The second kappa shape index (κ2) is 6.86. The first-order valence-electron chi connectivity index (χ1n) is 5.89. The maximum absolute atomic E-state index is 12.1. The van der Waals surface area contributed by atoms with Gasteiger partial charge in [0.05, 0.1) is 0 Å². The van der Waals surface area contributed by atoms with Gasteiger partial charge in [0.15, 0.2) is 5.85 Å². The number of aliphatic hydroxyl groups is 1. The predicted molar refractivity (Wildman–Crippen MR) is 69.2 cm³/mol. The number of hydrogen-bond donors (Lipinski definition) is 1. The molecule has 0 aromatic heterocycles. The summed E-state index contributed by atoms with van der Waals surface area (Å²) in [5, 5.41) is 10.2. The Morgan fingerprint density at radius 2 is 1.65 bits per heavy atom. The molecule has 0 spiro atoms. The highest BCUT2D eigenvalue weighted by Gasteiger charge is 2.44. The summed E-state index contributed by atoms with van der Waals surface area (Å²) < 4.78 is 21.8. The summed E-state index contributed by atoms with van der Waals surface area (Å²) in [6.45, 7) is 10.2. The van der Waals surface area contributed by atoms with E-state index in [0.717, 1.165) is 13.1 Å². The third-order valence-corrected chi connectivity index (χ3v) is 5.35. The first kappa shape index (κ1) is 17.1. The van der Waals surface area contributed by atoms with Crippen molar-refractivity contribution in [2.24, 2.45) is 5.41 Å². The van der Waals surface area contributed by atoms with Crippen molar-refractivity contribution in [3.63, 3.8) is 0 Å². The van der Waals surface area contributed by atoms with Gasteiger partial charge in [-0.05, 0) is 13.1 Å². The van der Waals surface area contributed by atoms with Gasteiger partial charge in [-0.25, -0.2) is 0 Å². The molecule has 6 heteroatoms. The summed E-state index contributed by atoms with van der Waals surface area (Å²) >= 11 is 0. The molecule has 0 aliphatic carbocycles. The van der Waals surface area contributed by atoms with E-state index in [1.54, 1.807) is 0 Å². The summed E-state index contributed by atoms with van der Waals surface area (Å²) in [5.41, 5.74) is -0.562. The average molecular weight is 267 g/mol. The lowest BCUT2D eigenvalue weighted by Crippen LogP contribution is -2.41. The van der Waals surface area contributed by atoms with Crippen molar-refractivity contribution in [1.29, 1.82) is 0 Å². The van der Waals surface area contributed by atoms with Crippen LogP contribution >= 0.6 is 7.60 Å². The fraction of sp³-hybridized carbons (Fsp3) is 1.00.